The van der Waals surface area contributed by atoms with Gasteiger partial charge in [-0.05, 0) is 34.4 Å². The Morgan fingerprint density at radius 3 is 2.20 bits per heavy atom. The molecule has 0 spiro atoms. The molecule has 30 heavy (non-hydrogen) atoms. The van der Waals surface area contributed by atoms with E-state index in [2.05, 4.69) is 36.8 Å². The quantitative estimate of drug-likeness (QED) is 0.666. The van der Waals surface area contributed by atoms with Crippen molar-refractivity contribution >= 4 is 25.1 Å². The smallest absolute Gasteiger partial charge is 0.266 e. The number of likely N-dealkylation sites (N-methyl/N-ethyl adjacent to an activating group) is 1. The number of hydrogen-bond donors (Lipinski definition) is 1. The first-order chi connectivity index (χ1) is 14.2. The van der Waals surface area contributed by atoms with E-state index in [-0.39, 0.29) is 11.9 Å². The van der Waals surface area contributed by atoms with Crippen LogP contribution in [0, 0.1) is 0 Å². The zero-order chi connectivity index (χ0) is 21.5. The summed E-state index contributed by atoms with van der Waals surface area (Å²) >= 11 is 0. The van der Waals surface area contributed by atoms with Crippen LogP contribution in [0.2, 0.25) is 19.6 Å². The number of pyridine rings is 1. The first-order valence-corrected chi connectivity index (χ1v) is 13.5. The second-order valence-electron chi connectivity index (χ2n) is 8.70. The normalized spacial score (nSPS) is 19.1. The van der Waals surface area contributed by atoms with Gasteiger partial charge in [-0.25, -0.2) is 4.99 Å². The molecule has 3 aromatic rings. The molecular weight excluding hydrogens is 388 g/mol. The van der Waals surface area contributed by atoms with E-state index >= 15 is 0 Å². The zero-order valence-corrected chi connectivity index (χ0v) is 18.8. The maximum Gasteiger partial charge on any atom is 0.266 e. The minimum Gasteiger partial charge on any atom is -0.369 e. The lowest BCUT2D eigenvalue weighted by Gasteiger charge is -2.28. The molecule has 1 aliphatic heterocycles. The summed E-state index contributed by atoms with van der Waals surface area (Å²) in [7, 11) is 0.0948. The molecule has 152 valence electrons. The first-order valence-electron chi connectivity index (χ1n) is 9.99. The average Bonchev–Trinajstić information content (AvgIpc) is 2.99. The molecule has 0 aliphatic carbocycles. The summed E-state index contributed by atoms with van der Waals surface area (Å²) in [5.74, 6) is 0.0845. The van der Waals surface area contributed by atoms with Crippen molar-refractivity contribution in [3.63, 3.8) is 0 Å². The lowest BCUT2D eigenvalue weighted by atomic mass is 9.82. The Morgan fingerprint density at radius 1 is 0.933 bits per heavy atom. The van der Waals surface area contributed by atoms with Crippen molar-refractivity contribution in [1.29, 1.82) is 0 Å². The molecule has 1 atom stereocenters. The van der Waals surface area contributed by atoms with Crippen LogP contribution in [0.15, 0.2) is 78.0 Å². The van der Waals surface area contributed by atoms with E-state index in [0.717, 1.165) is 22.3 Å². The fourth-order valence-corrected chi connectivity index (χ4v) is 5.04. The van der Waals surface area contributed by atoms with Crippen LogP contribution < -0.4 is 10.9 Å². The summed E-state index contributed by atoms with van der Waals surface area (Å²) in [4.78, 5) is 24.0. The Hall–Kier alpha value is -3.25. The highest BCUT2D eigenvalue weighted by atomic mass is 28.3. The van der Waals surface area contributed by atoms with Crippen LogP contribution in [0.5, 0.6) is 0 Å². The minimum atomic E-state index is -1.58. The second kappa shape index (κ2) is 7.22. The largest absolute Gasteiger partial charge is 0.369 e. The summed E-state index contributed by atoms with van der Waals surface area (Å²) in [5.41, 5.74) is 8.58. The molecule has 0 bridgehead atoms. The van der Waals surface area contributed by atoms with Crippen LogP contribution in [-0.4, -0.2) is 36.9 Å². The van der Waals surface area contributed by atoms with Gasteiger partial charge in [-0.1, -0.05) is 73.4 Å². The molecule has 4 rings (SSSR count). The van der Waals surface area contributed by atoms with E-state index in [1.54, 1.807) is 13.2 Å². The number of amides is 1. The third-order valence-corrected chi connectivity index (χ3v) is 7.70. The Morgan fingerprint density at radius 2 is 1.60 bits per heavy atom. The van der Waals surface area contributed by atoms with Gasteiger partial charge in [0.15, 0.2) is 11.5 Å². The Kier molecular flexibility index (Phi) is 4.82. The predicted octanol–water partition coefficient (Wildman–Crippen LogP) is 3.32. The lowest BCUT2D eigenvalue weighted by molar-refractivity contribution is -0.129. The Labute approximate surface area is 178 Å². The number of carbonyl (C=O) groups excluding carboxylic acids is 1. The molecule has 1 aromatic heterocycles. The van der Waals surface area contributed by atoms with Gasteiger partial charge in [-0.3, -0.25) is 14.7 Å². The van der Waals surface area contributed by atoms with Gasteiger partial charge in [0.25, 0.3) is 5.91 Å². The van der Waals surface area contributed by atoms with Crippen LogP contribution in [0.1, 0.15) is 11.1 Å². The van der Waals surface area contributed by atoms with Crippen LogP contribution in [0.3, 0.4) is 0 Å². The Balaban J connectivity index is 1.95. The van der Waals surface area contributed by atoms with E-state index in [1.165, 1.54) is 10.1 Å². The standard InChI is InChI=1S/C24H26N4OSi/c1-28-22(29)24(27-23(28)25,20-11-6-12-21(15-20)30(2,3)4)19-10-5-8-17(14-19)18-9-7-13-26-16-18/h5-16H,1-4H3,(H2,25,27). The summed E-state index contributed by atoms with van der Waals surface area (Å²) in [6.45, 7) is 6.88. The number of carbonyl (C=O) groups is 1. The molecule has 0 radical (unpaired) electrons. The van der Waals surface area contributed by atoms with Crippen molar-refractivity contribution in [2.45, 2.75) is 25.2 Å². The van der Waals surface area contributed by atoms with E-state index < -0.39 is 13.6 Å². The number of benzene rings is 2. The van der Waals surface area contributed by atoms with Crippen molar-refractivity contribution < 1.29 is 4.79 Å². The minimum absolute atomic E-state index is 0.143. The van der Waals surface area contributed by atoms with Gasteiger partial charge >= 0.3 is 0 Å². The molecule has 2 aromatic carbocycles. The van der Waals surface area contributed by atoms with Crippen LogP contribution in [0.4, 0.5) is 0 Å². The maximum absolute atomic E-state index is 13.6. The number of hydrogen-bond acceptors (Lipinski definition) is 4. The molecule has 2 heterocycles. The molecule has 5 nitrogen and oxygen atoms in total. The highest BCUT2D eigenvalue weighted by Gasteiger charge is 2.49. The number of nitrogens with zero attached hydrogens (tertiary/aromatic N) is 3. The highest BCUT2D eigenvalue weighted by molar-refractivity contribution is 6.88. The van der Waals surface area contributed by atoms with Gasteiger partial charge in [-0.2, -0.15) is 0 Å². The van der Waals surface area contributed by atoms with Gasteiger partial charge in [0, 0.05) is 19.4 Å². The number of rotatable bonds is 4. The number of aromatic nitrogens is 1. The SMILES string of the molecule is CN1C(=O)C(c2cccc(-c3cccnc3)c2)(c2cccc([Si](C)(C)C)c2)N=C1N. The molecular formula is C24H26N4OSi. The van der Waals surface area contributed by atoms with E-state index in [4.69, 9.17) is 10.7 Å². The molecule has 0 saturated carbocycles. The Bertz CT molecular complexity index is 1140. The summed E-state index contributed by atoms with van der Waals surface area (Å²) in [6.07, 6.45) is 3.56. The first kappa shape index (κ1) is 20.0. The molecule has 1 unspecified atom stereocenters. The van der Waals surface area contributed by atoms with Crippen molar-refractivity contribution in [3.8, 4) is 11.1 Å². The summed E-state index contributed by atoms with van der Waals surface area (Å²) < 4.78 is 0. The van der Waals surface area contributed by atoms with Crippen LogP contribution >= 0.6 is 0 Å². The number of nitrogens with two attached hydrogens (primary N) is 1. The maximum atomic E-state index is 13.6. The van der Waals surface area contributed by atoms with Gasteiger partial charge < -0.3 is 5.73 Å². The number of aliphatic imine (C=N–C) groups is 1. The van der Waals surface area contributed by atoms with Gasteiger partial charge in [0.1, 0.15) is 0 Å². The van der Waals surface area contributed by atoms with Crippen molar-refractivity contribution in [2.24, 2.45) is 10.7 Å². The lowest BCUT2D eigenvalue weighted by Crippen LogP contribution is -2.43. The molecule has 1 amide bonds. The molecule has 0 saturated heterocycles. The molecule has 6 heteroatoms. The van der Waals surface area contributed by atoms with E-state index in [9.17, 15) is 4.79 Å². The third kappa shape index (κ3) is 3.23. The van der Waals surface area contributed by atoms with E-state index in [1.807, 2.05) is 54.7 Å². The van der Waals surface area contributed by atoms with Gasteiger partial charge in [0.05, 0.1) is 8.07 Å². The zero-order valence-electron chi connectivity index (χ0n) is 17.8. The average molecular weight is 415 g/mol. The fraction of sp³-hybridized carbons (Fsp3) is 0.208. The van der Waals surface area contributed by atoms with Crippen LogP contribution in [-0.2, 0) is 10.3 Å². The third-order valence-electron chi connectivity index (χ3n) is 5.66. The highest BCUT2D eigenvalue weighted by Crippen LogP contribution is 2.40. The van der Waals surface area contributed by atoms with Gasteiger partial charge in [0.2, 0.25) is 0 Å². The number of guanidine groups is 1. The summed E-state index contributed by atoms with van der Waals surface area (Å²) in [5, 5.41) is 1.28. The molecule has 2 N–H and O–H groups in total. The van der Waals surface area contributed by atoms with E-state index in [0.29, 0.717) is 0 Å². The molecule has 0 fully saturated rings. The fourth-order valence-electron chi connectivity index (χ4n) is 3.85. The predicted molar refractivity (Wildman–Crippen MR) is 124 cm³/mol. The topological polar surface area (TPSA) is 71.6 Å². The monoisotopic (exact) mass is 414 g/mol. The molecule has 1 aliphatic rings. The van der Waals surface area contributed by atoms with Gasteiger partial charge in [-0.15, -0.1) is 0 Å². The van der Waals surface area contributed by atoms with Crippen LogP contribution in [0.25, 0.3) is 11.1 Å². The van der Waals surface area contributed by atoms with Crippen molar-refractivity contribution in [3.05, 3.63) is 84.2 Å². The summed E-state index contributed by atoms with van der Waals surface area (Å²) in [6, 6.07) is 20.1. The van der Waals surface area contributed by atoms with Crippen molar-refractivity contribution in [1.82, 2.24) is 9.88 Å². The second-order valence-corrected chi connectivity index (χ2v) is 13.8. The van der Waals surface area contributed by atoms with Crippen molar-refractivity contribution in [2.75, 3.05) is 7.05 Å².